The summed E-state index contributed by atoms with van der Waals surface area (Å²) in [5, 5.41) is 3.22. The van der Waals surface area contributed by atoms with Gasteiger partial charge in [0, 0.05) is 11.3 Å². The molecule has 2 aromatic rings. The molecule has 0 bridgehead atoms. The third-order valence-electron chi connectivity index (χ3n) is 3.10. The number of nitrogen functional groups attached to an aromatic ring is 1. The topological polar surface area (TPSA) is 55.1 Å². The first kappa shape index (κ1) is 14.4. The van der Waals surface area contributed by atoms with Gasteiger partial charge in [0.1, 0.15) is 0 Å². The molecule has 0 saturated heterocycles. The highest BCUT2D eigenvalue weighted by Gasteiger charge is 2.08. The number of halogens is 1. The summed E-state index contributed by atoms with van der Waals surface area (Å²) in [7, 11) is 0. The van der Waals surface area contributed by atoms with Crippen molar-refractivity contribution in [2.45, 2.75) is 19.8 Å². The molecule has 3 N–H and O–H groups in total. The van der Waals surface area contributed by atoms with Crippen LogP contribution in [0.3, 0.4) is 0 Å². The Labute approximate surface area is 123 Å². The van der Waals surface area contributed by atoms with E-state index in [4.69, 9.17) is 17.3 Å². The van der Waals surface area contributed by atoms with Crippen LogP contribution in [0.1, 0.15) is 35.7 Å². The predicted octanol–water partition coefficient (Wildman–Crippen LogP) is 4.30. The zero-order chi connectivity index (χ0) is 14.7. The first-order chi connectivity index (χ1) is 9.47. The Morgan fingerprint density at radius 3 is 2.35 bits per heavy atom. The van der Waals surface area contributed by atoms with Crippen molar-refractivity contribution >= 4 is 28.9 Å². The molecule has 0 aromatic heterocycles. The molecular weight excluding hydrogens is 272 g/mol. The third kappa shape index (κ3) is 3.31. The fourth-order valence-electron chi connectivity index (χ4n) is 1.83. The number of nitrogens with two attached hydrogens (primary N) is 1. The molecule has 1 amide bonds. The monoisotopic (exact) mass is 288 g/mol. The fourth-order valence-corrected chi connectivity index (χ4v) is 2.01. The van der Waals surface area contributed by atoms with Gasteiger partial charge < -0.3 is 11.1 Å². The van der Waals surface area contributed by atoms with Crippen molar-refractivity contribution in [1.29, 1.82) is 0 Å². The Hall–Kier alpha value is -2.00. The normalized spacial score (nSPS) is 10.6. The summed E-state index contributed by atoms with van der Waals surface area (Å²) in [5.41, 5.74) is 8.57. The Morgan fingerprint density at radius 1 is 1.15 bits per heavy atom. The van der Waals surface area contributed by atoms with E-state index in [1.807, 2.05) is 24.3 Å². The molecule has 0 radical (unpaired) electrons. The minimum absolute atomic E-state index is 0.166. The van der Waals surface area contributed by atoms with Crippen molar-refractivity contribution in [1.82, 2.24) is 0 Å². The lowest BCUT2D eigenvalue weighted by Gasteiger charge is -2.09. The SMILES string of the molecule is CC(C)c1ccc(C(=O)Nc2ccc(N)c(Cl)c2)cc1. The molecule has 0 spiro atoms. The van der Waals surface area contributed by atoms with E-state index in [1.165, 1.54) is 5.56 Å². The number of hydrogen-bond donors (Lipinski definition) is 2. The number of amides is 1. The molecule has 0 aliphatic rings. The number of carbonyl (C=O) groups excluding carboxylic acids is 1. The van der Waals surface area contributed by atoms with E-state index < -0.39 is 0 Å². The van der Waals surface area contributed by atoms with Crippen molar-refractivity contribution in [2.75, 3.05) is 11.1 Å². The zero-order valence-electron chi connectivity index (χ0n) is 11.5. The standard InChI is InChI=1S/C16H17ClN2O/c1-10(2)11-3-5-12(6-4-11)16(20)19-13-7-8-15(18)14(17)9-13/h3-10H,18H2,1-2H3,(H,19,20). The van der Waals surface area contributed by atoms with Crippen LogP contribution in [0.5, 0.6) is 0 Å². The second-order valence-electron chi connectivity index (χ2n) is 4.97. The van der Waals surface area contributed by atoms with Crippen molar-refractivity contribution in [3.8, 4) is 0 Å². The van der Waals surface area contributed by atoms with Gasteiger partial charge in [-0.25, -0.2) is 0 Å². The number of benzene rings is 2. The van der Waals surface area contributed by atoms with Gasteiger partial charge in [-0.15, -0.1) is 0 Å². The molecule has 0 aliphatic carbocycles. The molecule has 0 atom stereocenters. The molecule has 0 heterocycles. The van der Waals surface area contributed by atoms with Gasteiger partial charge in [-0.3, -0.25) is 4.79 Å². The number of carbonyl (C=O) groups is 1. The molecule has 2 aromatic carbocycles. The minimum Gasteiger partial charge on any atom is -0.398 e. The smallest absolute Gasteiger partial charge is 0.255 e. The Morgan fingerprint density at radius 2 is 1.80 bits per heavy atom. The van der Waals surface area contributed by atoms with E-state index in [1.54, 1.807) is 18.2 Å². The second kappa shape index (κ2) is 5.97. The first-order valence-corrected chi connectivity index (χ1v) is 6.81. The van der Waals surface area contributed by atoms with E-state index in [0.29, 0.717) is 27.9 Å². The summed E-state index contributed by atoms with van der Waals surface area (Å²) >= 11 is 5.92. The molecule has 4 heteroatoms. The summed E-state index contributed by atoms with van der Waals surface area (Å²) in [4.78, 5) is 12.1. The molecule has 20 heavy (non-hydrogen) atoms. The lowest BCUT2D eigenvalue weighted by Crippen LogP contribution is -2.12. The highest BCUT2D eigenvalue weighted by molar-refractivity contribution is 6.33. The maximum absolute atomic E-state index is 12.1. The van der Waals surface area contributed by atoms with Crippen molar-refractivity contribution in [3.63, 3.8) is 0 Å². The van der Waals surface area contributed by atoms with Gasteiger partial charge in [-0.1, -0.05) is 37.6 Å². The van der Waals surface area contributed by atoms with Gasteiger partial charge in [0.05, 0.1) is 10.7 Å². The molecule has 3 nitrogen and oxygen atoms in total. The predicted molar refractivity (Wildman–Crippen MR) is 84.3 cm³/mol. The van der Waals surface area contributed by atoms with Crippen LogP contribution in [0.15, 0.2) is 42.5 Å². The maximum atomic E-state index is 12.1. The third-order valence-corrected chi connectivity index (χ3v) is 3.43. The lowest BCUT2D eigenvalue weighted by molar-refractivity contribution is 0.102. The van der Waals surface area contributed by atoms with Crippen LogP contribution < -0.4 is 11.1 Å². The van der Waals surface area contributed by atoms with Gasteiger partial charge in [0.2, 0.25) is 0 Å². The summed E-state index contributed by atoms with van der Waals surface area (Å²) in [6, 6.07) is 12.6. The summed E-state index contributed by atoms with van der Waals surface area (Å²) in [5.74, 6) is 0.282. The number of hydrogen-bond acceptors (Lipinski definition) is 2. The Kier molecular flexibility index (Phi) is 4.30. The molecule has 0 saturated carbocycles. The van der Waals surface area contributed by atoms with Crippen molar-refractivity contribution in [2.24, 2.45) is 0 Å². The van der Waals surface area contributed by atoms with Crippen LogP contribution >= 0.6 is 11.6 Å². The maximum Gasteiger partial charge on any atom is 0.255 e. The van der Waals surface area contributed by atoms with E-state index in [-0.39, 0.29) is 5.91 Å². The summed E-state index contributed by atoms with van der Waals surface area (Å²) in [6.07, 6.45) is 0. The van der Waals surface area contributed by atoms with Crippen LogP contribution in [0.25, 0.3) is 0 Å². The second-order valence-corrected chi connectivity index (χ2v) is 5.37. The molecule has 0 aliphatic heterocycles. The first-order valence-electron chi connectivity index (χ1n) is 6.43. The molecule has 2 rings (SSSR count). The van der Waals surface area contributed by atoms with Gasteiger partial charge in [-0.05, 0) is 41.8 Å². The summed E-state index contributed by atoms with van der Waals surface area (Å²) < 4.78 is 0. The largest absolute Gasteiger partial charge is 0.398 e. The quantitative estimate of drug-likeness (QED) is 0.828. The highest BCUT2D eigenvalue weighted by Crippen LogP contribution is 2.23. The van der Waals surface area contributed by atoms with Crippen LogP contribution in [-0.2, 0) is 0 Å². The van der Waals surface area contributed by atoms with E-state index in [2.05, 4.69) is 19.2 Å². The van der Waals surface area contributed by atoms with Crippen molar-refractivity contribution < 1.29 is 4.79 Å². The van der Waals surface area contributed by atoms with Crippen LogP contribution in [-0.4, -0.2) is 5.91 Å². The van der Waals surface area contributed by atoms with Gasteiger partial charge in [0.15, 0.2) is 0 Å². The number of nitrogens with one attached hydrogen (secondary N) is 1. The highest BCUT2D eigenvalue weighted by atomic mass is 35.5. The molecule has 0 fully saturated rings. The van der Waals surface area contributed by atoms with Gasteiger partial charge in [-0.2, -0.15) is 0 Å². The number of anilines is 2. The number of rotatable bonds is 3. The van der Waals surface area contributed by atoms with Crippen LogP contribution in [0, 0.1) is 0 Å². The molecular formula is C16H17ClN2O. The Balaban J connectivity index is 2.13. The van der Waals surface area contributed by atoms with E-state index >= 15 is 0 Å². The van der Waals surface area contributed by atoms with E-state index in [9.17, 15) is 4.79 Å². The van der Waals surface area contributed by atoms with Crippen LogP contribution in [0.4, 0.5) is 11.4 Å². The van der Waals surface area contributed by atoms with Gasteiger partial charge in [0.25, 0.3) is 5.91 Å². The van der Waals surface area contributed by atoms with Crippen molar-refractivity contribution in [3.05, 3.63) is 58.6 Å². The average molecular weight is 289 g/mol. The average Bonchev–Trinajstić information content (AvgIpc) is 2.43. The lowest BCUT2D eigenvalue weighted by atomic mass is 10.0. The van der Waals surface area contributed by atoms with Gasteiger partial charge >= 0.3 is 0 Å². The summed E-state index contributed by atoms with van der Waals surface area (Å²) in [6.45, 7) is 4.23. The molecule has 104 valence electrons. The van der Waals surface area contributed by atoms with Crippen LogP contribution in [0.2, 0.25) is 5.02 Å². The fraction of sp³-hybridized carbons (Fsp3) is 0.188. The Bertz CT molecular complexity index is 621. The molecule has 0 unspecified atom stereocenters. The van der Waals surface area contributed by atoms with E-state index in [0.717, 1.165) is 0 Å². The minimum atomic E-state index is -0.166. The zero-order valence-corrected chi connectivity index (χ0v) is 12.2.